The van der Waals surface area contributed by atoms with Crippen LogP contribution in [0.4, 0.5) is 5.69 Å². The Balaban J connectivity index is 1.22. The van der Waals surface area contributed by atoms with Gasteiger partial charge in [0.2, 0.25) is 0 Å². The molecule has 1 saturated heterocycles. The Morgan fingerprint density at radius 1 is 1.16 bits per heavy atom. The van der Waals surface area contributed by atoms with Crippen molar-refractivity contribution in [3.63, 3.8) is 0 Å². The zero-order valence-corrected chi connectivity index (χ0v) is 22.2. The highest BCUT2D eigenvalue weighted by Gasteiger charge is 2.28. The van der Waals surface area contributed by atoms with Crippen LogP contribution in [-0.4, -0.2) is 46.5 Å². The van der Waals surface area contributed by atoms with Crippen LogP contribution < -0.4 is 15.4 Å². The van der Waals surface area contributed by atoms with E-state index in [0.717, 1.165) is 79.6 Å². The summed E-state index contributed by atoms with van der Waals surface area (Å²) in [6.45, 7) is 6.12. The number of nitrogens with zero attached hydrogens (tertiary/aromatic N) is 1. The van der Waals surface area contributed by atoms with Crippen molar-refractivity contribution in [1.29, 1.82) is 0 Å². The van der Waals surface area contributed by atoms with Gasteiger partial charge in [0.25, 0.3) is 5.91 Å². The van der Waals surface area contributed by atoms with Crippen LogP contribution in [0.2, 0.25) is 0 Å². The van der Waals surface area contributed by atoms with E-state index in [1.807, 2.05) is 25.1 Å². The van der Waals surface area contributed by atoms with E-state index in [9.17, 15) is 9.90 Å². The lowest BCUT2D eigenvalue weighted by Crippen LogP contribution is -2.39. The number of nitrogens with one attached hydrogen (secondary N) is 2. The molecule has 7 nitrogen and oxygen atoms in total. The minimum Gasteiger partial charge on any atom is -0.491 e. The Bertz CT molecular complexity index is 1230. The number of carbonyl (C=O) groups excluding carboxylic acids is 1. The summed E-state index contributed by atoms with van der Waals surface area (Å²) in [6, 6.07) is 14.0. The summed E-state index contributed by atoms with van der Waals surface area (Å²) in [7, 11) is 2.08. The van der Waals surface area contributed by atoms with Gasteiger partial charge in [-0.15, -0.1) is 0 Å². The Hall–Kier alpha value is -2.87. The Labute approximate surface area is 219 Å². The van der Waals surface area contributed by atoms with E-state index in [0.29, 0.717) is 18.2 Å². The van der Waals surface area contributed by atoms with Crippen molar-refractivity contribution in [1.82, 2.24) is 9.88 Å². The molecule has 37 heavy (non-hydrogen) atoms. The highest BCUT2D eigenvalue weighted by Crippen LogP contribution is 2.30. The fourth-order valence-electron chi connectivity index (χ4n) is 5.56. The predicted octanol–water partition coefficient (Wildman–Crippen LogP) is 5.08. The van der Waals surface area contributed by atoms with Crippen molar-refractivity contribution < 1.29 is 19.4 Å². The quantitative estimate of drug-likeness (QED) is 0.398. The van der Waals surface area contributed by atoms with E-state index in [2.05, 4.69) is 41.3 Å². The zero-order chi connectivity index (χ0) is 26.0. The van der Waals surface area contributed by atoms with Gasteiger partial charge in [0.1, 0.15) is 12.4 Å². The maximum Gasteiger partial charge on any atom is 0.255 e. The van der Waals surface area contributed by atoms with Crippen LogP contribution >= 0.6 is 0 Å². The van der Waals surface area contributed by atoms with Crippen LogP contribution in [0.3, 0.4) is 0 Å². The van der Waals surface area contributed by atoms with Crippen molar-refractivity contribution in [2.75, 3.05) is 18.5 Å². The number of carbonyl (C=O) groups is 1. The second-order valence-corrected chi connectivity index (χ2v) is 10.9. The summed E-state index contributed by atoms with van der Waals surface area (Å²) in [5, 5.41) is 18.1. The summed E-state index contributed by atoms with van der Waals surface area (Å²) in [4.78, 5) is 13.0. The van der Waals surface area contributed by atoms with Crippen molar-refractivity contribution in [3.8, 4) is 5.75 Å². The number of fused-ring (bicyclic) bond motifs is 1. The van der Waals surface area contributed by atoms with Gasteiger partial charge in [-0.05, 0) is 94.3 Å². The molecule has 1 aliphatic carbocycles. The van der Waals surface area contributed by atoms with Crippen molar-refractivity contribution in [2.45, 2.75) is 76.7 Å². The molecule has 0 spiro atoms. The number of rotatable bonds is 8. The van der Waals surface area contributed by atoms with Crippen molar-refractivity contribution in [3.05, 3.63) is 59.3 Å². The normalized spacial score (nSPS) is 23.9. The third kappa shape index (κ3) is 6.00. The second kappa shape index (κ2) is 10.9. The molecule has 3 N–H and O–H groups in total. The largest absolute Gasteiger partial charge is 0.491 e. The number of hydrogen-bond donors (Lipinski definition) is 3. The molecule has 7 heteroatoms. The molecule has 0 radical (unpaired) electrons. The van der Waals surface area contributed by atoms with Crippen LogP contribution in [0.25, 0.3) is 10.9 Å². The highest BCUT2D eigenvalue weighted by atomic mass is 16.5. The summed E-state index contributed by atoms with van der Waals surface area (Å²) in [5.74, 6) is 0.602. The molecule has 1 saturated carbocycles. The molecule has 1 amide bonds. The Morgan fingerprint density at radius 3 is 2.62 bits per heavy atom. The second-order valence-electron chi connectivity index (χ2n) is 10.9. The molecular formula is C30H39N3O4. The summed E-state index contributed by atoms with van der Waals surface area (Å²) in [5.41, 5.74) is 4.26. The molecule has 2 aliphatic rings. The molecule has 2 aromatic carbocycles. The van der Waals surface area contributed by atoms with Crippen LogP contribution in [0.5, 0.6) is 5.75 Å². The average molecular weight is 506 g/mol. The van der Waals surface area contributed by atoms with Crippen LogP contribution in [0.15, 0.2) is 42.5 Å². The predicted molar refractivity (Wildman–Crippen MR) is 146 cm³/mol. The maximum absolute atomic E-state index is 13.0. The number of ether oxygens (including phenoxy) is 2. The standard InChI is InChI=1S/C30H39N3O4/c1-20-27(32-29(34)21-6-9-25(10-7-21)37-19-26-5-4-16-36-26)11-8-22-17-24(33(3)28(20)22)18-31-23-12-14-30(2,35)15-13-23/h6-11,17,23,26,31,35H,4-5,12-16,18-19H2,1-3H3,(H,32,34)/t23-,26-,30+/m0/s1. The lowest BCUT2D eigenvalue weighted by Gasteiger charge is -2.33. The molecular weight excluding hydrogens is 466 g/mol. The molecule has 1 atom stereocenters. The monoisotopic (exact) mass is 505 g/mol. The van der Waals surface area contributed by atoms with Crippen molar-refractivity contribution >= 4 is 22.5 Å². The van der Waals surface area contributed by atoms with E-state index < -0.39 is 5.60 Å². The van der Waals surface area contributed by atoms with E-state index in [1.165, 1.54) is 5.69 Å². The van der Waals surface area contributed by atoms with Gasteiger partial charge in [0.05, 0.1) is 17.2 Å². The molecule has 3 aromatic rings. The number of benzene rings is 2. The van der Waals surface area contributed by atoms with E-state index in [-0.39, 0.29) is 12.0 Å². The van der Waals surface area contributed by atoms with Crippen molar-refractivity contribution in [2.24, 2.45) is 7.05 Å². The number of amides is 1. The average Bonchev–Trinajstić information content (AvgIpc) is 3.52. The van der Waals surface area contributed by atoms with Gasteiger partial charge in [-0.1, -0.05) is 6.07 Å². The smallest absolute Gasteiger partial charge is 0.255 e. The fraction of sp³-hybridized carbons (Fsp3) is 0.500. The first-order chi connectivity index (χ1) is 17.8. The van der Waals surface area contributed by atoms with Gasteiger partial charge in [-0.3, -0.25) is 4.79 Å². The van der Waals surface area contributed by atoms with Gasteiger partial charge >= 0.3 is 0 Å². The Kier molecular flexibility index (Phi) is 7.56. The summed E-state index contributed by atoms with van der Waals surface area (Å²) < 4.78 is 13.6. The van der Waals surface area contributed by atoms with E-state index in [4.69, 9.17) is 9.47 Å². The third-order valence-corrected chi connectivity index (χ3v) is 8.01. The lowest BCUT2D eigenvalue weighted by atomic mass is 9.84. The number of aliphatic hydroxyl groups is 1. The molecule has 198 valence electrons. The van der Waals surface area contributed by atoms with Crippen LogP contribution in [0, 0.1) is 6.92 Å². The topological polar surface area (TPSA) is 84.8 Å². The lowest BCUT2D eigenvalue weighted by molar-refractivity contribution is 0.0139. The zero-order valence-electron chi connectivity index (χ0n) is 22.2. The van der Waals surface area contributed by atoms with Crippen LogP contribution in [-0.2, 0) is 18.3 Å². The molecule has 1 aliphatic heterocycles. The van der Waals surface area contributed by atoms with Gasteiger partial charge in [0.15, 0.2) is 0 Å². The SMILES string of the molecule is Cc1c(NC(=O)c2ccc(OC[C@@H]3CCCO3)cc2)ccc2cc(CN[C@H]3CC[C@@](C)(O)CC3)n(C)c12. The molecule has 0 bridgehead atoms. The first-order valence-electron chi connectivity index (χ1n) is 13.5. The number of aryl methyl sites for hydroxylation is 2. The first kappa shape index (κ1) is 25.8. The number of hydrogen-bond acceptors (Lipinski definition) is 5. The first-order valence-corrected chi connectivity index (χ1v) is 13.5. The van der Waals surface area contributed by atoms with Gasteiger partial charge in [-0.25, -0.2) is 0 Å². The van der Waals surface area contributed by atoms with Gasteiger partial charge in [-0.2, -0.15) is 0 Å². The molecule has 0 unspecified atom stereocenters. The minimum atomic E-state index is -0.518. The summed E-state index contributed by atoms with van der Waals surface area (Å²) >= 11 is 0. The van der Waals surface area contributed by atoms with E-state index in [1.54, 1.807) is 12.1 Å². The third-order valence-electron chi connectivity index (χ3n) is 8.01. The number of anilines is 1. The maximum atomic E-state index is 13.0. The molecule has 1 aromatic heterocycles. The fourth-order valence-corrected chi connectivity index (χ4v) is 5.56. The molecule has 2 fully saturated rings. The molecule has 5 rings (SSSR count). The highest BCUT2D eigenvalue weighted by molar-refractivity contribution is 6.06. The minimum absolute atomic E-state index is 0.141. The molecule has 2 heterocycles. The summed E-state index contributed by atoms with van der Waals surface area (Å²) in [6.07, 6.45) is 5.96. The van der Waals surface area contributed by atoms with Gasteiger partial charge < -0.3 is 29.8 Å². The van der Waals surface area contributed by atoms with E-state index >= 15 is 0 Å². The Morgan fingerprint density at radius 2 is 1.92 bits per heavy atom. The number of aromatic nitrogens is 1. The van der Waals surface area contributed by atoms with Crippen LogP contribution in [0.1, 0.15) is 67.1 Å². The van der Waals surface area contributed by atoms with Gasteiger partial charge in [0, 0.05) is 48.6 Å².